The molecule has 1 aromatic carbocycles. The molecule has 1 saturated heterocycles. The number of carbonyl (C=O) groups excluding carboxylic acids is 1. The van der Waals surface area contributed by atoms with Gasteiger partial charge in [0.05, 0.1) is 5.56 Å². The molecule has 7 heteroatoms. The maximum Gasteiger partial charge on any atom is 0.256 e. The largest absolute Gasteiger partial charge is 0.491 e. The second kappa shape index (κ2) is 8.05. The fourth-order valence-corrected chi connectivity index (χ4v) is 3.66. The first-order valence-electron chi connectivity index (χ1n) is 9.74. The van der Waals surface area contributed by atoms with Crippen LogP contribution in [0.1, 0.15) is 54.2 Å². The van der Waals surface area contributed by atoms with Crippen molar-refractivity contribution in [2.75, 3.05) is 19.7 Å². The first-order valence-corrected chi connectivity index (χ1v) is 10.1. The predicted octanol–water partition coefficient (Wildman–Crippen LogP) is 3.44. The molecule has 1 aliphatic heterocycles. The summed E-state index contributed by atoms with van der Waals surface area (Å²) in [5.74, 6) is 1.85. The second-order valence-corrected chi connectivity index (χ2v) is 8.16. The SMILES string of the molecule is O=C(c1cnc(C2CC2)nc1)N1CCCC(O)(COc2cccc(Cl)c2)CC1. The van der Waals surface area contributed by atoms with Crippen LogP contribution in [-0.2, 0) is 0 Å². The molecule has 2 fully saturated rings. The second-order valence-electron chi connectivity index (χ2n) is 7.72. The Morgan fingerprint density at radius 1 is 1.25 bits per heavy atom. The third kappa shape index (κ3) is 4.62. The summed E-state index contributed by atoms with van der Waals surface area (Å²) in [7, 11) is 0. The van der Waals surface area contributed by atoms with E-state index in [1.807, 2.05) is 12.1 Å². The number of hydrogen-bond acceptors (Lipinski definition) is 5. The summed E-state index contributed by atoms with van der Waals surface area (Å²) < 4.78 is 5.75. The summed E-state index contributed by atoms with van der Waals surface area (Å²) in [5, 5.41) is 11.5. The van der Waals surface area contributed by atoms with Gasteiger partial charge in [-0.3, -0.25) is 4.79 Å². The average Bonchev–Trinajstić information content (AvgIpc) is 3.55. The Morgan fingerprint density at radius 3 is 2.75 bits per heavy atom. The van der Waals surface area contributed by atoms with Crippen LogP contribution in [0.2, 0.25) is 5.02 Å². The van der Waals surface area contributed by atoms with E-state index in [9.17, 15) is 9.90 Å². The minimum atomic E-state index is -0.969. The lowest BCUT2D eigenvalue weighted by Crippen LogP contribution is -2.38. The number of aromatic nitrogens is 2. The van der Waals surface area contributed by atoms with Crippen LogP contribution in [-0.4, -0.2) is 51.2 Å². The molecule has 1 aromatic heterocycles. The van der Waals surface area contributed by atoms with Crippen molar-refractivity contribution in [1.82, 2.24) is 14.9 Å². The van der Waals surface area contributed by atoms with Gasteiger partial charge in [0.2, 0.25) is 0 Å². The molecule has 1 aliphatic carbocycles. The van der Waals surface area contributed by atoms with Gasteiger partial charge in [0.25, 0.3) is 5.91 Å². The van der Waals surface area contributed by atoms with Gasteiger partial charge in [0.15, 0.2) is 0 Å². The van der Waals surface area contributed by atoms with E-state index in [1.165, 1.54) is 0 Å². The summed E-state index contributed by atoms with van der Waals surface area (Å²) >= 11 is 5.97. The number of amides is 1. The normalized spacial score (nSPS) is 22.6. The van der Waals surface area contributed by atoms with Crippen LogP contribution in [0, 0.1) is 0 Å². The smallest absolute Gasteiger partial charge is 0.256 e. The quantitative estimate of drug-likeness (QED) is 0.830. The van der Waals surface area contributed by atoms with E-state index in [0.29, 0.717) is 54.6 Å². The van der Waals surface area contributed by atoms with Gasteiger partial charge in [-0.25, -0.2) is 9.97 Å². The van der Waals surface area contributed by atoms with Crippen LogP contribution in [0.3, 0.4) is 0 Å². The number of ether oxygens (including phenoxy) is 1. The van der Waals surface area contributed by atoms with Gasteiger partial charge in [0.1, 0.15) is 23.8 Å². The third-order valence-electron chi connectivity index (χ3n) is 5.37. The van der Waals surface area contributed by atoms with Gasteiger partial charge in [-0.05, 0) is 50.3 Å². The van der Waals surface area contributed by atoms with Crippen LogP contribution >= 0.6 is 11.6 Å². The third-order valence-corrected chi connectivity index (χ3v) is 5.60. The van der Waals surface area contributed by atoms with Crippen molar-refractivity contribution < 1.29 is 14.6 Å². The topological polar surface area (TPSA) is 75.6 Å². The van der Waals surface area contributed by atoms with Crippen molar-refractivity contribution in [3.63, 3.8) is 0 Å². The summed E-state index contributed by atoms with van der Waals surface area (Å²) in [5.41, 5.74) is -0.464. The molecule has 1 N–H and O–H groups in total. The number of carbonyl (C=O) groups is 1. The van der Waals surface area contributed by atoms with Gasteiger partial charge in [-0.2, -0.15) is 0 Å². The highest BCUT2D eigenvalue weighted by Crippen LogP contribution is 2.37. The Balaban J connectivity index is 1.35. The Hall–Kier alpha value is -2.18. The zero-order chi connectivity index (χ0) is 19.6. The fourth-order valence-electron chi connectivity index (χ4n) is 3.48. The molecule has 0 spiro atoms. The molecule has 148 valence electrons. The van der Waals surface area contributed by atoms with Crippen molar-refractivity contribution in [1.29, 1.82) is 0 Å². The minimum Gasteiger partial charge on any atom is -0.491 e. The minimum absolute atomic E-state index is 0.0812. The van der Waals surface area contributed by atoms with Crippen molar-refractivity contribution in [3.8, 4) is 5.75 Å². The molecule has 2 aliphatic rings. The maximum absolute atomic E-state index is 12.8. The number of aliphatic hydroxyl groups is 1. The summed E-state index contributed by atoms with van der Waals surface area (Å²) in [4.78, 5) is 23.2. The summed E-state index contributed by atoms with van der Waals surface area (Å²) in [6.07, 6.45) is 7.27. The number of hydrogen-bond donors (Lipinski definition) is 1. The highest BCUT2D eigenvalue weighted by atomic mass is 35.5. The molecule has 4 rings (SSSR count). The molecule has 2 aromatic rings. The number of rotatable bonds is 5. The molecule has 1 unspecified atom stereocenters. The molecule has 0 radical (unpaired) electrons. The monoisotopic (exact) mass is 401 g/mol. The van der Waals surface area contributed by atoms with E-state index >= 15 is 0 Å². The lowest BCUT2D eigenvalue weighted by Gasteiger charge is -2.27. The van der Waals surface area contributed by atoms with Gasteiger partial charge in [-0.15, -0.1) is 0 Å². The summed E-state index contributed by atoms with van der Waals surface area (Å²) in [6.45, 7) is 1.25. The molecule has 6 nitrogen and oxygen atoms in total. The van der Waals surface area contributed by atoms with Crippen molar-refractivity contribution in [2.24, 2.45) is 0 Å². The summed E-state index contributed by atoms with van der Waals surface area (Å²) in [6, 6.07) is 7.13. The van der Waals surface area contributed by atoms with Crippen molar-refractivity contribution in [3.05, 3.63) is 53.1 Å². The Bertz CT molecular complexity index is 841. The fraction of sp³-hybridized carbons (Fsp3) is 0.476. The predicted molar refractivity (Wildman–Crippen MR) is 106 cm³/mol. The molecule has 1 atom stereocenters. The molecule has 1 saturated carbocycles. The van der Waals surface area contributed by atoms with Gasteiger partial charge in [0, 0.05) is 36.4 Å². The van der Waals surface area contributed by atoms with E-state index in [-0.39, 0.29) is 12.5 Å². The Kier molecular flexibility index (Phi) is 5.51. The van der Waals surface area contributed by atoms with E-state index < -0.39 is 5.60 Å². The standard InChI is InChI=1S/C21H24ClN3O3/c22-17-3-1-4-18(11-17)28-14-21(27)7-2-9-25(10-8-21)20(26)16-12-23-19(24-13-16)15-5-6-15/h1,3-4,11-13,15,27H,2,5-10,14H2. The number of likely N-dealkylation sites (tertiary alicyclic amines) is 1. The van der Waals surface area contributed by atoms with Gasteiger partial charge in [-0.1, -0.05) is 17.7 Å². The first kappa shape index (κ1) is 19.2. The zero-order valence-corrected chi connectivity index (χ0v) is 16.4. The van der Waals surface area contributed by atoms with Crippen LogP contribution in [0.5, 0.6) is 5.75 Å². The maximum atomic E-state index is 12.8. The van der Waals surface area contributed by atoms with E-state index in [0.717, 1.165) is 18.7 Å². The van der Waals surface area contributed by atoms with Crippen LogP contribution in [0.15, 0.2) is 36.7 Å². The Labute approximate surface area is 169 Å². The number of halogens is 1. The van der Waals surface area contributed by atoms with E-state index in [1.54, 1.807) is 29.4 Å². The van der Waals surface area contributed by atoms with Crippen LogP contribution < -0.4 is 4.74 Å². The first-order chi connectivity index (χ1) is 13.5. The van der Waals surface area contributed by atoms with E-state index in [2.05, 4.69) is 9.97 Å². The average molecular weight is 402 g/mol. The lowest BCUT2D eigenvalue weighted by atomic mass is 9.96. The van der Waals surface area contributed by atoms with Crippen molar-refractivity contribution in [2.45, 2.75) is 43.6 Å². The molecular formula is C21H24ClN3O3. The molecule has 1 amide bonds. The van der Waals surface area contributed by atoms with Gasteiger partial charge >= 0.3 is 0 Å². The number of nitrogens with zero attached hydrogens (tertiary/aromatic N) is 3. The number of benzene rings is 1. The molecule has 2 heterocycles. The van der Waals surface area contributed by atoms with Crippen LogP contribution in [0.4, 0.5) is 0 Å². The highest BCUT2D eigenvalue weighted by molar-refractivity contribution is 6.30. The van der Waals surface area contributed by atoms with Gasteiger partial charge < -0.3 is 14.7 Å². The zero-order valence-electron chi connectivity index (χ0n) is 15.7. The lowest BCUT2D eigenvalue weighted by molar-refractivity contribution is -0.0163. The Morgan fingerprint density at radius 2 is 2.04 bits per heavy atom. The van der Waals surface area contributed by atoms with E-state index in [4.69, 9.17) is 16.3 Å². The molecule has 0 bridgehead atoms. The highest BCUT2D eigenvalue weighted by Gasteiger charge is 2.33. The molecular weight excluding hydrogens is 378 g/mol. The molecule has 28 heavy (non-hydrogen) atoms. The van der Waals surface area contributed by atoms with Crippen LogP contribution in [0.25, 0.3) is 0 Å². The van der Waals surface area contributed by atoms with Crippen molar-refractivity contribution >= 4 is 17.5 Å².